The zero-order valence-electron chi connectivity index (χ0n) is 9.02. The summed E-state index contributed by atoms with van der Waals surface area (Å²) in [5.74, 6) is -0.0875. The van der Waals surface area contributed by atoms with Gasteiger partial charge in [0.1, 0.15) is 24.1 Å². The summed E-state index contributed by atoms with van der Waals surface area (Å²) in [5, 5.41) is 35.6. The number of nitrogens with two attached hydrogens (primary N) is 1. The van der Waals surface area contributed by atoms with Crippen molar-refractivity contribution in [1.29, 1.82) is 5.41 Å². The van der Waals surface area contributed by atoms with Crippen LogP contribution in [0, 0.1) is 5.41 Å². The van der Waals surface area contributed by atoms with E-state index in [1.54, 1.807) is 18.5 Å². The van der Waals surface area contributed by atoms with Gasteiger partial charge in [-0.1, -0.05) is 0 Å². The third-order valence-electron chi connectivity index (χ3n) is 2.84. The molecule has 6 N–H and O–H groups in total. The van der Waals surface area contributed by atoms with E-state index in [-0.39, 0.29) is 12.4 Å². The molecule has 7 nitrogen and oxygen atoms in total. The molecule has 0 spiro atoms. The van der Waals surface area contributed by atoms with Crippen LogP contribution in [0.15, 0.2) is 18.5 Å². The van der Waals surface area contributed by atoms with Crippen LogP contribution in [0.1, 0.15) is 11.8 Å². The predicted molar refractivity (Wildman–Crippen MR) is 58.5 cm³/mol. The SMILES string of the molecule is N=C(N)c1ccn(C2OC(CO)C(O)C2O)c1. The van der Waals surface area contributed by atoms with Crippen molar-refractivity contribution in [2.24, 2.45) is 5.73 Å². The van der Waals surface area contributed by atoms with Crippen LogP contribution in [-0.2, 0) is 4.74 Å². The molecule has 0 amide bonds. The topological polar surface area (TPSA) is 125 Å². The predicted octanol–water partition coefficient (Wildman–Crippen LogP) is -1.62. The maximum absolute atomic E-state index is 9.77. The Bertz CT molecular complexity index is 419. The van der Waals surface area contributed by atoms with Crippen LogP contribution >= 0.6 is 0 Å². The molecule has 94 valence electrons. The van der Waals surface area contributed by atoms with Gasteiger partial charge in [-0.15, -0.1) is 0 Å². The number of aliphatic hydroxyl groups is 3. The van der Waals surface area contributed by atoms with Gasteiger partial charge < -0.3 is 30.4 Å². The summed E-state index contributed by atoms with van der Waals surface area (Å²) in [7, 11) is 0. The number of nitrogens with one attached hydrogen (secondary N) is 1. The zero-order chi connectivity index (χ0) is 12.6. The molecule has 1 aromatic heterocycles. The lowest BCUT2D eigenvalue weighted by atomic mass is 10.1. The summed E-state index contributed by atoms with van der Waals surface area (Å²) in [5.41, 5.74) is 5.82. The molecule has 17 heavy (non-hydrogen) atoms. The van der Waals surface area contributed by atoms with Crippen LogP contribution in [0.5, 0.6) is 0 Å². The first-order valence-electron chi connectivity index (χ1n) is 5.19. The molecule has 1 fully saturated rings. The van der Waals surface area contributed by atoms with E-state index in [4.69, 9.17) is 21.0 Å². The van der Waals surface area contributed by atoms with Crippen molar-refractivity contribution in [1.82, 2.24) is 4.57 Å². The molecule has 2 rings (SSSR count). The van der Waals surface area contributed by atoms with Crippen molar-refractivity contribution >= 4 is 5.84 Å². The highest BCUT2D eigenvalue weighted by atomic mass is 16.6. The van der Waals surface area contributed by atoms with Crippen LogP contribution in [-0.4, -0.2) is 50.6 Å². The van der Waals surface area contributed by atoms with Crippen LogP contribution in [0.3, 0.4) is 0 Å². The van der Waals surface area contributed by atoms with Crippen molar-refractivity contribution in [3.8, 4) is 0 Å². The summed E-state index contributed by atoms with van der Waals surface area (Å²) in [6.07, 6.45) is -0.708. The molecule has 1 saturated heterocycles. The number of rotatable bonds is 3. The molecule has 4 atom stereocenters. The lowest BCUT2D eigenvalue weighted by molar-refractivity contribution is -0.0525. The fraction of sp³-hybridized carbons (Fsp3) is 0.500. The van der Waals surface area contributed by atoms with Gasteiger partial charge in [0.25, 0.3) is 0 Å². The number of hydrogen-bond donors (Lipinski definition) is 5. The maximum atomic E-state index is 9.77. The Morgan fingerprint density at radius 1 is 1.47 bits per heavy atom. The van der Waals surface area contributed by atoms with Gasteiger partial charge in [0.2, 0.25) is 0 Å². The Morgan fingerprint density at radius 2 is 2.18 bits per heavy atom. The molecule has 0 saturated carbocycles. The highest BCUT2D eigenvalue weighted by Crippen LogP contribution is 2.29. The number of nitrogens with zero attached hydrogens (tertiary/aromatic N) is 1. The number of nitrogen functional groups attached to an aromatic ring is 1. The number of aliphatic hydroxyl groups excluding tert-OH is 3. The molecular weight excluding hydrogens is 226 g/mol. The second-order valence-corrected chi connectivity index (χ2v) is 3.99. The molecule has 0 bridgehead atoms. The standard InChI is InChI=1S/C10H15N3O4/c11-9(12)5-1-2-13(3-5)10-8(16)7(15)6(4-14)17-10/h1-3,6-8,10,14-16H,4H2,(H3,11,12). The first-order valence-corrected chi connectivity index (χ1v) is 5.19. The van der Waals surface area contributed by atoms with E-state index in [9.17, 15) is 10.2 Å². The monoisotopic (exact) mass is 241 g/mol. The summed E-state index contributed by atoms with van der Waals surface area (Å²) >= 11 is 0. The molecule has 7 heteroatoms. The highest BCUT2D eigenvalue weighted by molar-refractivity contribution is 5.94. The lowest BCUT2D eigenvalue weighted by Crippen LogP contribution is -2.33. The molecule has 2 heterocycles. The Balaban J connectivity index is 2.19. The van der Waals surface area contributed by atoms with Gasteiger partial charge >= 0.3 is 0 Å². The first kappa shape index (κ1) is 12.1. The van der Waals surface area contributed by atoms with Crippen molar-refractivity contribution in [3.63, 3.8) is 0 Å². The number of hydrogen-bond acceptors (Lipinski definition) is 5. The molecule has 0 radical (unpaired) electrons. The molecule has 1 aromatic rings. The van der Waals surface area contributed by atoms with Crippen LogP contribution in [0.2, 0.25) is 0 Å². The number of aromatic nitrogens is 1. The van der Waals surface area contributed by atoms with E-state index in [0.29, 0.717) is 5.56 Å². The smallest absolute Gasteiger partial charge is 0.162 e. The quantitative estimate of drug-likeness (QED) is 0.321. The maximum Gasteiger partial charge on any atom is 0.162 e. The average Bonchev–Trinajstić information content (AvgIpc) is 2.87. The Kier molecular flexibility index (Phi) is 3.16. The van der Waals surface area contributed by atoms with Crippen molar-refractivity contribution in [3.05, 3.63) is 24.0 Å². The third kappa shape index (κ3) is 2.05. The second-order valence-electron chi connectivity index (χ2n) is 3.99. The number of amidine groups is 1. The van der Waals surface area contributed by atoms with Gasteiger partial charge in [0.05, 0.1) is 6.61 Å². The fourth-order valence-corrected chi connectivity index (χ4v) is 1.86. The Labute approximate surface area is 97.6 Å². The molecule has 1 aliphatic rings. The van der Waals surface area contributed by atoms with Crippen LogP contribution in [0.4, 0.5) is 0 Å². The van der Waals surface area contributed by atoms with Crippen molar-refractivity contribution in [2.45, 2.75) is 24.5 Å². The minimum Gasteiger partial charge on any atom is -0.394 e. The van der Waals surface area contributed by atoms with E-state index in [2.05, 4.69) is 0 Å². The van der Waals surface area contributed by atoms with Crippen molar-refractivity contribution in [2.75, 3.05) is 6.61 Å². The van der Waals surface area contributed by atoms with E-state index in [0.717, 1.165) is 0 Å². The third-order valence-corrected chi connectivity index (χ3v) is 2.84. The van der Waals surface area contributed by atoms with E-state index < -0.39 is 24.5 Å². The van der Waals surface area contributed by atoms with E-state index in [1.807, 2.05) is 0 Å². The fourth-order valence-electron chi connectivity index (χ4n) is 1.86. The second kappa shape index (κ2) is 4.46. The molecule has 0 aromatic carbocycles. The Morgan fingerprint density at radius 3 is 2.65 bits per heavy atom. The first-order chi connectivity index (χ1) is 8.04. The van der Waals surface area contributed by atoms with E-state index >= 15 is 0 Å². The van der Waals surface area contributed by atoms with E-state index in [1.165, 1.54) is 4.57 Å². The largest absolute Gasteiger partial charge is 0.394 e. The van der Waals surface area contributed by atoms with Gasteiger partial charge in [-0.2, -0.15) is 0 Å². The summed E-state index contributed by atoms with van der Waals surface area (Å²) in [6, 6.07) is 1.61. The summed E-state index contributed by atoms with van der Waals surface area (Å²) in [6.45, 7) is -0.366. The highest BCUT2D eigenvalue weighted by Gasteiger charge is 2.43. The average molecular weight is 241 g/mol. The van der Waals surface area contributed by atoms with Gasteiger partial charge in [0.15, 0.2) is 6.23 Å². The number of ether oxygens (including phenoxy) is 1. The zero-order valence-corrected chi connectivity index (χ0v) is 9.02. The lowest BCUT2D eigenvalue weighted by Gasteiger charge is -2.16. The normalized spacial score (nSPS) is 32.9. The molecule has 1 aliphatic heterocycles. The Hall–Kier alpha value is -1.41. The minimum atomic E-state index is -1.13. The van der Waals surface area contributed by atoms with Gasteiger partial charge in [0, 0.05) is 18.0 Å². The van der Waals surface area contributed by atoms with Gasteiger partial charge in [-0.3, -0.25) is 5.41 Å². The molecule has 4 unspecified atom stereocenters. The van der Waals surface area contributed by atoms with Crippen LogP contribution < -0.4 is 5.73 Å². The van der Waals surface area contributed by atoms with Gasteiger partial charge in [-0.25, -0.2) is 0 Å². The van der Waals surface area contributed by atoms with Gasteiger partial charge in [-0.05, 0) is 6.07 Å². The summed E-state index contributed by atoms with van der Waals surface area (Å²) in [4.78, 5) is 0. The van der Waals surface area contributed by atoms with Crippen molar-refractivity contribution < 1.29 is 20.1 Å². The minimum absolute atomic E-state index is 0.0875. The molecule has 0 aliphatic carbocycles. The summed E-state index contributed by atoms with van der Waals surface area (Å²) < 4.78 is 6.83. The molecular formula is C10H15N3O4. The van der Waals surface area contributed by atoms with Crippen LogP contribution in [0.25, 0.3) is 0 Å².